The van der Waals surface area contributed by atoms with Crippen LogP contribution in [-0.4, -0.2) is 45.9 Å². The van der Waals surface area contributed by atoms with Gasteiger partial charge in [-0.05, 0) is 37.1 Å². The van der Waals surface area contributed by atoms with Crippen LogP contribution < -0.4 is 19.1 Å². The molecule has 2 aromatic carbocycles. The summed E-state index contributed by atoms with van der Waals surface area (Å²) in [6.07, 6.45) is 0.777. The maximum absolute atomic E-state index is 12.7. The maximum atomic E-state index is 12.7. The monoisotopic (exact) mass is 385 g/mol. The number of carbonyl (C=O) groups is 2. The molecule has 1 atom stereocenters. The molecule has 2 aromatic rings. The molecule has 148 valence electrons. The van der Waals surface area contributed by atoms with Crippen LogP contribution in [0.1, 0.15) is 22.8 Å². The van der Waals surface area contributed by atoms with E-state index in [-0.39, 0.29) is 35.6 Å². The molecule has 1 unspecified atom stereocenters. The number of amides is 1. The van der Waals surface area contributed by atoms with Gasteiger partial charge in [-0.25, -0.2) is 4.79 Å². The topological polar surface area (TPSA) is 74.3 Å². The predicted molar refractivity (Wildman–Crippen MR) is 103 cm³/mol. The second-order valence-electron chi connectivity index (χ2n) is 6.40. The minimum Gasteiger partial charge on any atom is -0.493 e. The summed E-state index contributed by atoms with van der Waals surface area (Å²) in [6, 6.07) is 10.8. The van der Waals surface area contributed by atoms with E-state index in [1.807, 2.05) is 31.2 Å². The van der Waals surface area contributed by atoms with Gasteiger partial charge < -0.3 is 23.8 Å². The molecule has 0 bridgehead atoms. The molecule has 0 radical (unpaired) electrons. The van der Waals surface area contributed by atoms with E-state index in [0.717, 1.165) is 17.7 Å². The van der Waals surface area contributed by atoms with Crippen molar-refractivity contribution in [3.05, 3.63) is 47.5 Å². The average molecular weight is 385 g/mol. The molecule has 3 rings (SSSR count). The Hall–Kier alpha value is -3.22. The summed E-state index contributed by atoms with van der Waals surface area (Å²) in [6.45, 7) is 1.60. The molecular weight excluding hydrogens is 362 g/mol. The van der Waals surface area contributed by atoms with Crippen LogP contribution in [0.2, 0.25) is 0 Å². The zero-order chi connectivity index (χ0) is 20.3. The van der Waals surface area contributed by atoms with Crippen molar-refractivity contribution in [2.75, 3.05) is 32.8 Å². The molecular formula is C21H23NO6. The van der Waals surface area contributed by atoms with Crippen molar-refractivity contribution in [2.24, 2.45) is 0 Å². The zero-order valence-electron chi connectivity index (χ0n) is 16.4. The lowest BCUT2D eigenvalue weighted by molar-refractivity contribution is -0.122. The zero-order valence-corrected chi connectivity index (χ0v) is 16.4. The first-order chi connectivity index (χ1) is 13.5. The average Bonchev–Trinajstić information content (AvgIpc) is 3.06. The lowest BCUT2D eigenvalue weighted by atomic mass is 10.1. The first kappa shape index (κ1) is 19.5. The third-order valence-electron chi connectivity index (χ3n) is 4.73. The lowest BCUT2D eigenvalue weighted by Crippen LogP contribution is -2.38. The van der Waals surface area contributed by atoms with Gasteiger partial charge in [-0.1, -0.05) is 18.2 Å². The van der Waals surface area contributed by atoms with Gasteiger partial charge in [0, 0.05) is 11.7 Å². The number of anilines is 1. The number of rotatable bonds is 6. The minimum absolute atomic E-state index is 0.0132. The van der Waals surface area contributed by atoms with Gasteiger partial charge in [0.05, 0.1) is 21.3 Å². The Bertz CT molecular complexity index is 894. The van der Waals surface area contributed by atoms with Crippen LogP contribution in [-0.2, 0) is 16.0 Å². The van der Waals surface area contributed by atoms with Crippen LogP contribution in [0.3, 0.4) is 0 Å². The van der Waals surface area contributed by atoms with Crippen molar-refractivity contribution in [2.45, 2.75) is 19.4 Å². The molecule has 0 fully saturated rings. The number of fused-ring (bicyclic) bond motifs is 1. The Morgan fingerprint density at radius 2 is 1.71 bits per heavy atom. The predicted octanol–water partition coefficient (Wildman–Crippen LogP) is 2.85. The van der Waals surface area contributed by atoms with E-state index >= 15 is 0 Å². The van der Waals surface area contributed by atoms with Crippen molar-refractivity contribution in [3.8, 4) is 17.2 Å². The first-order valence-corrected chi connectivity index (χ1v) is 8.87. The number of nitrogens with zero attached hydrogens (tertiary/aromatic N) is 1. The van der Waals surface area contributed by atoms with Crippen LogP contribution in [0.5, 0.6) is 17.2 Å². The van der Waals surface area contributed by atoms with Gasteiger partial charge in [0.2, 0.25) is 5.75 Å². The number of esters is 1. The standard InChI is InChI=1S/C21H23NO6/c1-13-11-14-7-5-6-8-16(14)22(13)18(23)12-28-21(24)15-9-10-17(25-2)20(27-4)19(15)26-3/h5-10,13H,11-12H2,1-4H3. The van der Waals surface area contributed by atoms with Gasteiger partial charge in [0.25, 0.3) is 5.91 Å². The van der Waals surface area contributed by atoms with Crippen LogP contribution in [0, 0.1) is 0 Å². The third-order valence-corrected chi connectivity index (χ3v) is 4.73. The fourth-order valence-electron chi connectivity index (χ4n) is 3.48. The number of hydrogen-bond donors (Lipinski definition) is 0. The Balaban J connectivity index is 1.75. The minimum atomic E-state index is -0.675. The van der Waals surface area contributed by atoms with Gasteiger partial charge in [0.1, 0.15) is 5.56 Å². The van der Waals surface area contributed by atoms with Crippen LogP contribution in [0.25, 0.3) is 0 Å². The van der Waals surface area contributed by atoms with Gasteiger partial charge in [-0.15, -0.1) is 0 Å². The van der Waals surface area contributed by atoms with Gasteiger partial charge >= 0.3 is 5.97 Å². The molecule has 0 aromatic heterocycles. The maximum Gasteiger partial charge on any atom is 0.342 e. The quantitative estimate of drug-likeness (QED) is 0.712. The van der Waals surface area contributed by atoms with Crippen LogP contribution in [0.4, 0.5) is 5.69 Å². The number of benzene rings is 2. The fraction of sp³-hybridized carbons (Fsp3) is 0.333. The highest BCUT2D eigenvalue weighted by atomic mass is 16.5. The normalized spacial score (nSPS) is 15.0. The first-order valence-electron chi connectivity index (χ1n) is 8.87. The number of para-hydroxylation sites is 1. The molecule has 28 heavy (non-hydrogen) atoms. The van der Waals surface area contributed by atoms with Gasteiger partial charge in [-0.3, -0.25) is 4.79 Å². The molecule has 0 saturated carbocycles. The second-order valence-corrected chi connectivity index (χ2v) is 6.40. The SMILES string of the molecule is COc1ccc(C(=O)OCC(=O)N2c3ccccc3CC2C)c(OC)c1OC. The van der Waals surface area contributed by atoms with Crippen molar-refractivity contribution in [1.82, 2.24) is 0 Å². The van der Waals surface area contributed by atoms with Crippen molar-refractivity contribution < 1.29 is 28.5 Å². The van der Waals surface area contributed by atoms with E-state index in [1.165, 1.54) is 27.4 Å². The van der Waals surface area contributed by atoms with Crippen molar-refractivity contribution in [1.29, 1.82) is 0 Å². The van der Waals surface area contributed by atoms with E-state index < -0.39 is 5.97 Å². The molecule has 7 heteroatoms. The molecule has 1 heterocycles. The second kappa shape index (κ2) is 8.21. The Kier molecular flexibility index (Phi) is 5.73. The number of ether oxygens (including phenoxy) is 4. The van der Waals surface area contributed by atoms with Crippen molar-refractivity contribution >= 4 is 17.6 Å². The molecule has 1 aliphatic rings. The lowest BCUT2D eigenvalue weighted by Gasteiger charge is -2.22. The Morgan fingerprint density at radius 3 is 2.39 bits per heavy atom. The van der Waals surface area contributed by atoms with E-state index in [4.69, 9.17) is 18.9 Å². The van der Waals surface area contributed by atoms with Crippen molar-refractivity contribution in [3.63, 3.8) is 0 Å². The van der Waals surface area contributed by atoms with E-state index in [9.17, 15) is 9.59 Å². The fourth-order valence-corrected chi connectivity index (χ4v) is 3.48. The third kappa shape index (κ3) is 3.47. The van der Waals surface area contributed by atoms with E-state index in [1.54, 1.807) is 11.0 Å². The summed E-state index contributed by atoms with van der Waals surface area (Å²) in [4.78, 5) is 26.9. The Labute approximate surface area is 163 Å². The molecule has 1 aliphatic heterocycles. The Morgan fingerprint density at radius 1 is 1.00 bits per heavy atom. The van der Waals surface area contributed by atoms with Gasteiger partial charge in [-0.2, -0.15) is 0 Å². The summed E-state index contributed by atoms with van der Waals surface area (Å²) < 4.78 is 21.1. The summed E-state index contributed by atoms with van der Waals surface area (Å²) in [7, 11) is 4.36. The molecule has 0 spiro atoms. The van der Waals surface area contributed by atoms with Gasteiger partial charge in [0.15, 0.2) is 18.1 Å². The highest BCUT2D eigenvalue weighted by Crippen LogP contribution is 2.40. The van der Waals surface area contributed by atoms with E-state index in [2.05, 4.69) is 0 Å². The molecule has 1 amide bonds. The van der Waals surface area contributed by atoms with Crippen LogP contribution >= 0.6 is 0 Å². The summed E-state index contributed by atoms with van der Waals surface area (Å²) in [5, 5.41) is 0. The summed E-state index contributed by atoms with van der Waals surface area (Å²) in [5.41, 5.74) is 2.12. The van der Waals surface area contributed by atoms with E-state index in [0.29, 0.717) is 5.75 Å². The highest BCUT2D eigenvalue weighted by molar-refractivity contribution is 6.00. The summed E-state index contributed by atoms with van der Waals surface area (Å²) >= 11 is 0. The highest BCUT2D eigenvalue weighted by Gasteiger charge is 2.31. The number of carbonyl (C=O) groups excluding carboxylic acids is 2. The smallest absolute Gasteiger partial charge is 0.342 e. The molecule has 0 N–H and O–H groups in total. The molecule has 0 aliphatic carbocycles. The largest absolute Gasteiger partial charge is 0.493 e. The van der Waals surface area contributed by atoms with Crippen LogP contribution in [0.15, 0.2) is 36.4 Å². The number of methoxy groups -OCH3 is 3. The summed E-state index contributed by atoms with van der Waals surface area (Å²) in [5.74, 6) is -0.0435. The number of hydrogen-bond acceptors (Lipinski definition) is 6. The molecule has 0 saturated heterocycles. The molecule has 7 nitrogen and oxygen atoms in total.